The Kier molecular flexibility index (Phi) is 3.01. The first-order chi connectivity index (χ1) is 7.72. The standard InChI is InChI=1S/C11H9ClFN3/c1-14-11-10(15-4-5-16-11)8-6-7(13)2-3-9(8)12/h2-6H,1H3,(H,14,16). The number of anilines is 1. The van der Waals surface area contributed by atoms with Crippen molar-refractivity contribution in [2.45, 2.75) is 0 Å². The van der Waals surface area contributed by atoms with Gasteiger partial charge < -0.3 is 5.32 Å². The average molecular weight is 238 g/mol. The van der Waals surface area contributed by atoms with Gasteiger partial charge in [-0.2, -0.15) is 0 Å². The quantitative estimate of drug-likeness (QED) is 0.873. The fourth-order valence-electron chi connectivity index (χ4n) is 1.40. The summed E-state index contributed by atoms with van der Waals surface area (Å²) in [6, 6.07) is 4.15. The summed E-state index contributed by atoms with van der Waals surface area (Å²) in [5.41, 5.74) is 1.06. The predicted molar refractivity (Wildman–Crippen MR) is 62.0 cm³/mol. The monoisotopic (exact) mass is 237 g/mol. The molecule has 1 heterocycles. The van der Waals surface area contributed by atoms with Crippen molar-refractivity contribution in [1.82, 2.24) is 9.97 Å². The molecule has 2 aromatic rings. The largest absolute Gasteiger partial charge is 0.371 e. The lowest BCUT2D eigenvalue weighted by atomic mass is 10.1. The van der Waals surface area contributed by atoms with Crippen LogP contribution in [-0.4, -0.2) is 17.0 Å². The molecule has 0 fully saturated rings. The molecule has 2 rings (SSSR count). The Balaban J connectivity index is 2.62. The van der Waals surface area contributed by atoms with Crippen molar-refractivity contribution in [3.8, 4) is 11.3 Å². The van der Waals surface area contributed by atoms with Crippen molar-refractivity contribution in [3.63, 3.8) is 0 Å². The van der Waals surface area contributed by atoms with E-state index in [0.717, 1.165) is 0 Å². The molecule has 82 valence electrons. The molecule has 1 aromatic carbocycles. The molecule has 0 unspecified atom stereocenters. The van der Waals surface area contributed by atoms with E-state index in [1.54, 1.807) is 13.2 Å². The minimum atomic E-state index is -0.355. The molecule has 0 amide bonds. The van der Waals surface area contributed by atoms with E-state index in [1.807, 2.05) is 0 Å². The van der Waals surface area contributed by atoms with E-state index < -0.39 is 0 Å². The smallest absolute Gasteiger partial charge is 0.152 e. The van der Waals surface area contributed by atoms with Gasteiger partial charge in [0.15, 0.2) is 5.82 Å². The third-order valence-electron chi connectivity index (χ3n) is 2.12. The molecule has 0 saturated carbocycles. The van der Waals surface area contributed by atoms with Crippen LogP contribution < -0.4 is 5.32 Å². The Morgan fingerprint density at radius 3 is 2.75 bits per heavy atom. The zero-order valence-electron chi connectivity index (χ0n) is 8.54. The Hall–Kier alpha value is -1.68. The number of aromatic nitrogens is 2. The van der Waals surface area contributed by atoms with E-state index in [4.69, 9.17) is 11.6 Å². The van der Waals surface area contributed by atoms with Crippen molar-refractivity contribution >= 4 is 17.4 Å². The molecule has 0 bridgehead atoms. The summed E-state index contributed by atoms with van der Waals surface area (Å²) < 4.78 is 13.1. The highest BCUT2D eigenvalue weighted by Gasteiger charge is 2.11. The van der Waals surface area contributed by atoms with Gasteiger partial charge in [-0.3, -0.25) is 4.98 Å². The second-order valence-corrected chi connectivity index (χ2v) is 3.53. The average Bonchev–Trinajstić information content (AvgIpc) is 2.32. The third-order valence-corrected chi connectivity index (χ3v) is 2.45. The summed E-state index contributed by atoms with van der Waals surface area (Å²) in [7, 11) is 1.72. The van der Waals surface area contributed by atoms with Crippen LogP contribution in [0.15, 0.2) is 30.6 Å². The number of nitrogens with zero attached hydrogens (tertiary/aromatic N) is 2. The van der Waals surface area contributed by atoms with E-state index in [0.29, 0.717) is 22.1 Å². The molecule has 16 heavy (non-hydrogen) atoms. The van der Waals surface area contributed by atoms with Gasteiger partial charge in [-0.1, -0.05) is 11.6 Å². The minimum absolute atomic E-state index is 0.355. The maximum atomic E-state index is 13.1. The molecule has 0 aliphatic carbocycles. The molecule has 1 N–H and O–H groups in total. The van der Waals surface area contributed by atoms with Gasteiger partial charge in [0.1, 0.15) is 11.5 Å². The van der Waals surface area contributed by atoms with Crippen LogP contribution in [0.1, 0.15) is 0 Å². The van der Waals surface area contributed by atoms with Crippen LogP contribution in [0.25, 0.3) is 11.3 Å². The number of benzene rings is 1. The maximum absolute atomic E-state index is 13.1. The highest BCUT2D eigenvalue weighted by molar-refractivity contribution is 6.33. The zero-order valence-corrected chi connectivity index (χ0v) is 9.29. The minimum Gasteiger partial charge on any atom is -0.371 e. The van der Waals surface area contributed by atoms with Crippen molar-refractivity contribution in [3.05, 3.63) is 41.4 Å². The molecule has 0 spiro atoms. The van der Waals surface area contributed by atoms with Crippen molar-refractivity contribution in [1.29, 1.82) is 0 Å². The molecular formula is C11H9ClFN3. The van der Waals surface area contributed by atoms with Crippen LogP contribution in [0.3, 0.4) is 0 Å². The highest BCUT2D eigenvalue weighted by Crippen LogP contribution is 2.30. The Labute approximate surface area is 97.3 Å². The molecule has 0 radical (unpaired) electrons. The molecule has 3 nitrogen and oxygen atoms in total. The molecular weight excluding hydrogens is 229 g/mol. The van der Waals surface area contributed by atoms with Crippen LogP contribution in [0.4, 0.5) is 10.2 Å². The highest BCUT2D eigenvalue weighted by atomic mass is 35.5. The van der Waals surface area contributed by atoms with Gasteiger partial charge in [0, 0.05) is 25.0 Å². The van der Waals surface area contributed by atoms with Crippen LogP contribution in [0.2, 0.25) is 5.02 Å². The van der Waals surface area contributed by atoms with Gasteiger partial charge in [0.2, 0.25) is 0 Å². The number of hydrogen-bond acceptors (Lipinski definition) is 3. The maximum Gasteiger partial charge on any atom is 0.152 e. The second kappa shape index (κ2) is 4.45. The van der Waals surface area contributed by atoms with Crippen LogP contribution in [0, 0.1) is 5.82 Å². The van der Waals surface area contributed by atoms with Crippen LogP contribution >= 0.6 is 11.6 Å². The lowest BCUT2D eigenvalue weighted by Gasteiger charge is -2.08. The fraction of sp³-hybridized carbons (Fsp3) is 0.0909. The summed E-state index contributed by atoms with van der Waals surface area (Å²) >= 11 is 6.00. The van der Waals surface area contributed by atoms with Gasteiger partial charge in [0.05, 0.1) is 5.02 Å². The SMILES string of the molecule is CNc1nccnc1-c1cc(F)ccc1Cl. The molecule has 0 aliphatic heterocycles. The summed E-state index contributed by atoms with van der Waals surface area (Å²) in [4.78, 5) is 8.24. The van der Waals surface area contributed by atoms with Crippen molar-refractivity contribution < 1.29 is 4.39 Å². The first-order valence-corrected chi connectivity index (χ1v) is 5.04. The first kappa shape index (κ1) is 10.8. The van der Waals surface area contributed by atoms with E-state index in [1.165, 1.54) is 24.4 Å². The second-order valence-electron chi connectivity index (χ2n) is 3.13. The number of hydrogen-bond donors (Lipinski definition) is 1. The predicted octanol–water partition coefficient (Wildman–Crippen LogP) is 2.98. The Morgan fingerprint density at radius 1 is 1.25 bits per heavy atom. The fourth-order valence-corrected chi connectivity index (χ4v) is 1.60. The van der Waals surface area contributed by atoms with Crippen molar-refractivity contribution in [2.75, 3.05) is 12.4 Å². The lowest BCUT2D eigenvalue weighted by Crippen LogP contribution is -1.98. The molecule has 0 aliphatic rings. The number of rotatable bonds is 2. The topological polar surface area (TPSA) is 37.8 Å². The third kappa shape index (κ3) is 1.97. The molecule has 5 heteroatoms. The molecule has 1 aromatic heterocycles. The van der Waals surface area contributed by atoms with Crippen molar-refractivity contribution in [2.24, 2.45) is 0 Å². The van der Waals surface area contributed by atoms with Gasteiger partial charge in [-0.15, -0.1) is 0 Å². The van der Waals surface area contributed by atoms with E-state index >= 15 is 0 Å². The summed E-state index contributed by atoms with van der Waals surface area (Å²) in [5, 5.41) is 3.33. The zero-order chi connectivity index (χ0) is 11.5. The van der Waals surface area contributed by atoms with Crippen LogP contribution in [-0.2, 0) is 0 Å². The first-order valence-electron chi connectivity index (χ1n) is 4.66. The summed E-state index contributed by atoms with van der Waals surface area (Å²) in [5.74, 6) is 0.210. The molecule has 0 saturated heterocycles. The normalized spacial score (nSPS) is 10.2. The number of halogens is 2. The Morgan fingerprint density at radius 2 is 2.00 bits per heavy atom. The van der Waals surface area contributed by atoms with Gasteiger partial charge in [0.25, 0.3) is 0 Å². The van der Waals surface area contributed by atoms with Gasteiger partial charge in [-0.25, -0.2) is 9.37 Å². The molecule has 0 atom stereocenters. The summed E-state index contributed by atoms with van der Waals surface area (Å²) in [6.07, 6.45) is 3.10. The van der Waals surface area contributed by atoms with E-state index in [-0.39, 0.29) is 5.82 Å². The van der Waals surface area contributed by atoms with E-state index in [2.05, 4.69) is 15.3 Å². The lowest BCUT2D eigenvalue weighted by molar-refractivity contribution is 0.628. The Bertz CT molecular complexity index is 516. The van der Waals surface area contributed by atoms with Gasteiger partial charge >= 0.3 is 0 Å². The number of nitrogens with one attached hydrogen (secondary N) is 1. The van der Waals surface area contributed by atoms with Crippen LogP contribution in [0.5, 0.6) is 0 Å². The van der Waals surface area contributed by atoms with E-state index in [9.17, 15) is 4.39 Å². The van der Waals surface area contributed by atoms with Gasteiger partial charge in [-0.05, 0) is 18.2 Å². The summed E-state index contributed by atoms with van der Waals surface area (Å²) in [6.45, 7) is 0.